The van der Waals surface area contributed by atoms with Gasteiger partial charge in [0.25, 0.3) is 0 Å². The molecule has 0 fully saturated rings. The van der Waals surface area contributed by atoms with Gasteiger partial charge >= 0.3 is 0 Å². The summed E-state index contributed by atoms with van der Waals surface area (Å²) in [6.45, 7) is 0. The Balaban J connectivity index is -0.0000000800. The first-order chi connectivity index (χ1) is 3.79. The summed E-state index contributed by atoms with van der Waals surface area (Å²) >= 11 is 0. The molecule has 1 aliphatic carbocycles. The number of ketones is 2. The normalized spacial score (nSPS) is 11.7. The molecule has 0 aromatic rings. The van der Waals surface area contributed by atoms with Crippen molar-refractivity contribution in [3.8, 4) is 0 Å². The summed E-state index contributed by atoms with van der Waals surface area (Å²) in [5.74, 6) is -0.241. The van der Waals surface area contributed by atoms with Crippen molar-refractivity contribution in [3.05, 3.63) is 24.3 Å². The van der Waals surface area contributed by atoms with E-state index in [1.807, 2.05) is 0 Å². The molecule has 6 heteroatoms. The van der Waals surface area contributed by atoms with E-state index in [4.69, 9.17) is 0 Å². The molecular formula is C6H16N4O2. The van der Waals surface area contributed by atoms with E-state index >= 15 is 0 Å². The molecule has 6 nitrogen and oxygen atoms in total. The first-order valence-corrected chi connectivity index (χ1v) is 2.23. The number of carbonyl (C=O) groups is 2. The Hall–Kier alpha value is -1.34. The molecule has 72 valence electrons. The molecule has 0 aromatic carbocycles. The Kier molecular flexibility index (Phi) is 18.1. The van der Waals surface area contributed by atoms with Gasteiger partial charge in [0, 0.05) is 0 Å². The molecule has 0 heterocycles. The largest absolute Gasteiger partial charge is 0.344 e. The Labute approximate surface area is 71.0 Å². The summed E-state index contributed by atoms with van der Waals surface area (Å²) in [6.07, 6.45) is 5.01. The highest BCUT2D eigenvalue weighted by Crippen LogP contribution is 1.90. The van der Waals surface area contributed by atoms with Crippen molar-refractivity contribution in [3.63, 3.8) is 0 Å². The monoisotopic (exact) mass is 176 g/mol. The van der Waals surface area contributed by atoms with Crippen LogP contribution in [0.15, 0.2) is 24.3 Å². The maximum atomic E-state index is 10.3. The van der Waals surface area contributed by atoms with Crippen molar-refractivity contribution in [2.24, 2.45) is 0 Å². The summed E-state index contributed by atoms with van der Waals surface area (Å²) in [6, 6.07) is 0. The predicted octanol–water partition coefficient (Wildman–Crippen LogP) is 0.899. The molecule has 0 atom stereocenters. The summed E-state index contributed by atoms with van der Waals surface area (Å²) in [7, 11) is 0. The Morgan fingerprint density at radius 1 is 0.583 bits per heavy atom. The standard InChI is InChI=1S/C6H4O2.4H3N/c7-5-1-2-6(8)4-3-5;;;;/h1-4H;4*1H3. The molecule has 0 aliphatic heterocycles. The minimum absolute atomic E-state index is 0. The topological polar surface area (TPSA) is 174 Å². The molecule has 12 heavy (non-hydrogen) atoms. The van der Waals surface area contributed by atoms with Gasteiger partial charge in [-0.15, -0.1) is 0 Å². The third-order valence-corrected chi connectivity index (χ3v) is 0.824. The van der Waals surface area contributed by atoms with E-state index in [9.17, 15) is 9.59 Å². The van der Waals surface area contributed by atoms with Crippen molar-refractivity contribution in [2.75, 3.05) is 0 Å². The van der Waals surface area contributed by atoms with Gasteiger partial charge in [-0.1, -0.05) is 0 Å². The van der Waals surface area contributed by atoms with Crippen LogP contribution < -0.4 is 24.6 Å². The highest BCUT2D eigenvalue weighted by molar-refractivity contribution is 6.14. The SMILES string of the molecule is N.N.N.N.O=C1C=CC(=O)C=C1. The summed E-state index contributed by atoms with van der Waals surface area (Å²) < 4.78 is 0. The lowest BCUT2D eigenvalue weighted by molar-refractivity contribution is -0.113. The number of rotatable bonds is 0. The van der Waals surface area contributed by atoms with Gasteiger partial charge in [-0.2, -0.15) is 0 Å². The molecule has 12 N–H and O–H groups in total. The van der Waals surface area contributed by atoms with Gasteiger partial charge in [-0.25, -0.2) is 0 Å². The quantitative estimate of drug-likeness (QED) is 0.398. The average Bonchev–Trinajstić information content (AvgIpc) is 1.77. The summed E-state index contributed by atoms with van der Waals surface area (Å²) in [4.78, 5) is 20.6. The van der Waals surface area contributed by atoms with Crippen molar-refractivity contribution in [2.45, 2.75) is 0 Å². The first-order valence-electron chi connectivity index (χ1n) is 2.23. The molecule has 0 radical (unpaired) electrons. The molecule has 0 aromatic heterocycles. The number of hydrogen-bond acceptors (Lipinski definition) is 6. The lowest BCUT2D eigenvalue weighted by atomic mass is 10.2. The van der Waals surface area contributed by atoms with E-state index in [0.717, 1.165) is 0 Å². The van der Waals surface area contributed by atoms with E-state index in [1.54, 1.807) is 0 Å². The van der Waals surface area contributed by atoms with Gasteiger partial charge in [0.2, 0.25) is 0 Å². The van der Waals surface area contributed by atoms with Crippen LogP contribution in [0.25, 0.3) is 0 Å². The second-order valence-corrected chi connectivity index (χ2v) is 1.47. The van der Waals surface area contributed by atoms with Crippen LogP contribution in [0.2, 0.25) is 0 Å². The van der Waals surface area contributed by atoms with Crippen LogP contribution in [0.3, 0.4) is 0 Å². The molecule has 0 unspecified atom stereocenters. The van der Waals surface area contributed by atoms with Crippen molar-refractivity contribution >= 4 is 11.6 Å². The zero-order valence-corrected chi connectivity index (χ0v) is 6.95. The second kappa shape index (κ2) is 9.66. The van der Waals surface area contributed by atoms with E-state index in [2.05, 4.69) is 0 Å². The third-order valence-electron chi connectivity index (χ3n) is 0.824. The Morgan fingerprint density at radius 3 is 0.917 bits per heavy atom. The van der Waals surface area contributed by atoms with Gasteiger partial charge in [0.05, 0.1) is 0 Å². The van der Waals surface area contributed by atoms with E-state index in [-0.39, 0.29) is 36.2 Å². The van der Waals surface area contributed by atoms with Crippen LogP contribution in [0.5, 0.6) is 0 Å². The van der Waals surface area contributed by atoms with Gasteiger partial charge in [-0.3, -0.25) is 9.59 Å². The zero-order chi connectivity index (χ0) is 5.98. The van der Waals surface area contributed by atoms with Crippen LogP contribution in [0.1, 0.15) is 0 Å². The fraction of sp³-hybridized carbons (Fsp3) is 0. The van der Waals surface area contributed by atoms with Crippen molar-refractivity contribution < 1.29 is 9.59 Å². The fourth-order valence-corrected chi connectivity index (χ4v) is 0.440. The van der Waals surface area contributed by atoms with Gasteiger partial charge in [0.15, 0.2) is 11.6 Å². The Bertz CT molecular complexity index is 160. The van der Waals surface area contributed by atoms with Crippen LogP contribution in [-0.4, -0.2) is 11.6 Å². The zero-order valence-electron chi connectivity index (χ0n) is 6.95. The van der Waals surface area contributed by atoms with Crippen LogP contribution in [0.4, 0.5) is 0 Å². The van der Waals surface area contributed by atoms with Crippen molar-refractivity contribution in [1.29, 1.82) is 0 Å². The maximum Gasteiger partial charge on any atom is 0.178 e. The first kappa shape index (κ1) is 22.4. The molecule has 1 aliphatic rings. The molecule has 0 saturated carbocycles. The lowest BCUT2D eigenvalue weighted by Crippen LogP contribution is -1.97. The lowest BCUT2D eigenvalue weighted by Gasteiger charge is -1.87. The fourth-order valence-electron chi connectivity index (χ4n) is 0.440. The van der Waals surface area contributed by atoms with E-state index in [0.29, 0.717) is 0 Å². The molecule has 0 amide bonds. The molecule has 0 bridgehead atoms. The van der Waals surface area contributed by atoms with Gasteiger partial charge in [-0.05, 0) is 24.3 Å². The highest BCUT2D eigenvalue weighted by atomic mass is 16.1. The smallest absolute Gasteiger partial charge is 0.178 e. The van der Waals surface area contributed by atoms with E-state index in [1.165, 1.54) is 24.3 Å². The van der Waals surface area contributed by atoms with Gasteiger partial charge < -0.3 is 24.6 Å². The van der Waals surface area contributed by atoms with E-state index < -0.39 is 0 Å². The molecular weight excluding hydrogens is 160 g/mol. The molecule has 1 rings (SSSR count). The molecule has 0 spiro atoms. The number of allylic oxidation sites excluding steroid dienone is 4. The minimum atomic E-state index is -0.121. The molecule has 0 saturated heterocycles. The predicted molar refractivity (Wildman–Crippen MR) is 48.4 cm³/mol. The number of hydrogen-bond donors (Lipinski definition) is 4. The average molecular weight is 176 g/mol. The highest BCUT2D eigenvalue weighted by Gasteiger charge is 1.97. The van der Waals surface area contributed by atoms with Crippen LogP contribution >= 0.6 is 0 Å². The van der Waals surface area contributed by atoms with Crippen LogP contribution in [-0.2, 0) is 9.59 Å². The summed E-state index contributed by atoms with van der Waals surface area (Å²) in [5.41, 5.74) is 0. The Morgan fingerprint density at radius 2 is 0.750 bits per heavy atom. The maximum absolute atomic E-state index is 10.3. The van der Waals surface area contributed by atoms with Crippen LogP contribution in [0, 0.1) is 0 Å². The van der Waals surface area contributed by atoms with Crippen molar-refractivity contribution in [1.82, 2.24) is 24.6 Å². The number of carbonyl (C=O) groups excluding carboxylic acids is 2. The van der Waals surface area contributed by atoms with Gasteiger partial charge in [0.1, 0.15) is 0 Å². The summed E-state index contributed by atoms with van der Waals surface area (Å²) in [5, 5.41) is 0. The minimum Gasteiger partial charge on any atom is -0.344 e. The second-order valence-electron chi connectivity index (χ2n) is 1.47. The third kappa shape index (κ3) is 6.78.